The minimum absolute atomic E-state index is 0.0114. The van der Waals surface area contributed by atoms with E-state index in [-0.39, 0.29) is 18.0 Å². The second kappa shape index (κ2) is 15.3. The molecule has 2 aromatic rings. The number of carbonyl (C=O) groups excluding carboxylic acids is 5. The molecule has 0 aliphatic carbocycles. The Balaban J connectivity index is 1.91. The Morgan fingerprint density at radius 1 is 0.923 bits per heavy atom. The van der Waals surface area contributed by atoms with Gasteiger partial charge in [-0.3, -0.25) is 24.5 Å². The molecule has 2 atom stereocenters. The first-order valence-electron chi connectivity index (χ1n) is 11.3. The molecule has 0 spiro atoms. The maximum absolute atomic E-state index is 12.7. The molecule has 0 aliphatic rings. The van der Waals surface area contributed by atoms with Crippen LogP contribution in [0.15, 0.2) is 54.6 Å². The van der Waals surface area contributed by atoms with Crippen molar-refractivity contribution in [1.29, 1.82) is 0 Å². The molecule has 0 unspecified atom stereocenters. The molecule has 0 saturated carbocycles. The normalized spacial score (nSPS) is 11.7. The molecule has 0 bridgehead atoms. The molecule has 0 aliphatic heterocycles. The Morgan fingerprint density at radius 3 is 2.18 bits per heavy atom. The first-order valence-corrected chi connectivity index (χ1v) is 11.3. The largest absolute Gasteiger partial charge is 0.469 e. The van der Waals surface area contributed by atoms with Gasteiger partial charge in [0.25, 0.3) is 5.69 Å². The number of nitrogens with zero attached hydrogens (tertiary/aromatic N) is 1. The third kappa shape index (κ3) is 10.5. The van der Waals surface area contributed by atoms with Crippen molar-refractivity contribution in [2.45, 2.75) is 25.1 Å². The van der Waals surface area contributed by atoms with Gasteiger partial charge in [-0.25, -0.2) is 9.59 Å². The summed E-state index contributed by atoms with van der Waals surface area (Å²) in [6.45, 7) is -1.67. The highest BCUT2D eigenvalue weighted by molar-refractivity contribution is 5.94. The second-order valence-corrected chi connectivity index (χ2v) is 7.73. The van der Waals surface area contributed by atoms with E-state index in [0.29, 0.717) is 5.56 Å². The Kier molecular flexibility index (Phi) is 11.8. The number of methoxy groups -OCH3 is 1. The highest BCUT2D eigenvalue weighted by Crippen LogP contribution is 2.17. The third-order valence-corrected chi connectivity index (χ3v) is 4.92. The van der Waals surface area contributed by atoms with E-state index in [1.165, 1.54) is 12.1 Å². The number of aliphatic hydroxyl groups is 1. The van der Waals surface area contributed by atoms with E-state index in [1.54, 1.807) is 30.3 Å². The van der Waals surface area contributed by atoms with Crippen LogP contribution in [-0.4, -0.2) is 72.2 Å². The van der Waals surface area contributed by atoms with Crippen molar-refractivity contribution in [3.63, 3.8) is 0 Å². The van der Waals surface area contributed by atoms with Crippen LogP contribution in [0.25, 0.3) is 0 Å². The SMILES string of the molecule is COC(=O)C[C@@H](NC(=O)OCc1ccccc1)C(=O)N[C@H](CO)C(=O)NCC(=O)Oc1ccc([N+](=O)[O-])cc1. The first kappa shape index (κ1) is 30.2. The molecule has 0 heterocycles. The Morgan fingerprint density at radius 2 is 1.59 bits per heavy atom. The van der Waals surface area contributed by atoms with E-state index >= 15 is 0 Å². The number of amides is 3. The summed E-state index contributed by atoms with van der Waals surface area (Å²) in [5, 5.41) is 26.8. The summed E-state index contributed by atoms with van der Waals surface area (Å²) >= 11 is 0. The molecule has 15 heteroatoms. The van der Waals surface area contributed by atoms with Gasteiger partial charge in [0.05, 0.1) is 25.1 Å². The fourth-order valence-corrected chi connectivity index (χ4v) is 2.92. The van der Waals surface area contributed by atoms with Gasteiger partial charge in [0.1, 0.15) is 31.0 Å². The summed E-state index contributed by atoms with van der Waals surface area (Å²) in [6.07, 6.45) is -1.63. The summed E-state index contributed by atoms with van der Waals surface area (Å²) in [5.41, 5.74) is 0.458. The third-order valence-electron chi connectivity index (χ3n) is 4.92. The number of hydrogen-bond donors (Lipinski definition) is 4. The second-order valence-electron chi connectivity index (χ2n) is 7.73. The monoisotopic (exact) mass is 546 g/mol. The van der Waals surface area contributed by atoms with Crippen molar-refractivity contribution in [2.75, 3.05) is 20.3 Å². The quantitative estimate of drug-likeness (QED) is 0.113. The smallest absolute Gasteiger partial charge is 0.408 e. The van der Waals surface area contributed by atoms with Crippen LogP contribution in [0.3, 0.4) is 0 Å². The molecule has 39 heavy (non-hydrogen) atoms. The summed E-state index contributed by atoms with van der Waals surface area (Å²) < 4.78 is 14.5. The highest BCUT2D eigenvalue weighted by Gasteiger charge is 2.29. The number of esters is 2. The zero-order valence-corrected chi connectivity index (χ0v) is 20.7. The number of rotatable bonds is 13. The van der Waals surface area contributed by atoms with Gasteiger partial charge in [-0.1, -0.05) is 30.3 Å². The number of nitro groups is 1. The number of hydrogen-bond acceptors (Lipinski definition) is 11. The van der Waals surface area contributed by atoms with E-state index in [1.807, 2.05) is 0 Å². The molecule has 15 nitrogen and oxygen atoms in total. The van der Waals surface area contributed by atoms with Crippen molar-refractivity contribution in [2.24, 2.45) is 0 Å². The number of nitro benzene ring substituents is 1. The predicted molar refractivity (Wildman–Crippen MR) is 131 cm³/mol. The lowest BCUT2D eigenvalue weighted by Crippen LogP contribution is -2.56. The Bertz CT molecular complexity index is 1170. The van der Waals surface area contributed by atoms with Crippen molar-refractivity contribution < 1.29 is 48.2 Å². The average molecular weight is 546 g/mol. The molecule has 208 valence electrons. The molecular formula is C24H26N4O11. The van der Waals surface area contributed by atoms with Gasteiger partial charge >= 0.3 is 18.0 Å². The van der Waals surface area contributed by atoms with E-state index in [0.717, 1.165) is 19.2 Å². The van der Waals surface area contributed by atoms with Crippen molar-refractivity contribution in [3.8, 4) is 5.75 Å². The van der Waals surface area contributed by atoms with Gasteiger partial charge in [0.15, 0.2) is 0 Å². The zero-order valence-electron chi connectivity index (χ0n) is 20.7. The van der Waals surface area contributed by atoms with Gasteiger partial charge in [-0.05, 0) is 17.7 Å². The summed E-state index contributed by atoms with van der Waals surface area (Å²) in [5.74, 6) is -3.79. The zero-order chi connectivity index (χ0) is 28.8. The molecule has 4 N–H and O–H groups in total. The van der Waals surface area contributed by atoms with E-state index in [9.17, 15) is 39.2 Å². The number of nitrogens with one attached hydrogen (secondary N) is 3. The number of carbonyl (C=O) groups is 5. The molecule has 3 amide bonds. The lowest BCUT2D eigenvalue weighted by atomic mass is 10.1. The van der Waals surface area contributed by atoms with Gasteiger partial charge in [-0.2, -0.15) is 0 Å². The number of ether oxygens (including phenoxy) is 3. The molecule has 0 aromatic heterocycles. The van der Waals surface area contributed by atoms with Gasteiger partial charge in [-0.15, -0.1) is 0 Å². The number of benzene rings is 2. The summed E-state index contributed by atoms with van der Waals surface area (Å²) in [7, 11) is 1.07. The van der Waals surface area contributed by atoms with Crippen LogP contribution < -0.4 is 20.7 Å². The van der Waals surface area contributed by atoms with Crippen LogP contribution in [0.1, 0.15) is 12.0 Å². The molecule has 0 saturated heterocycles. The van der Waals surface area contributed by atoms with E-state index in [2.05, 4.69) is 20.7 Å². The lowest BCUT2D eigenvalue weighted by Gasteiger charge is -2.21. The van der Waals surface area contributed by atoms with Crippen molar-refractivity contribution in [1.82, 2.24) is 16.0 Å². The number of aliphatic hydroxyl groups excluding tert-OH is 1. The van der Waals surface area contributed by atoms with Crippen LogP contribution in [0.5, 0.6) is 5.75 Å². The fourth-order valence-electron chi connectivity index (χ4n) is 2.92. The first-order chi connectivity index (χ1) is 18.6. The molecule has 0 fully saturated rings. The summed E-state index contributed by atoms with van der Waals surface area (Å²) in [4.78, 5) is 71.1. The van der Waals surface area contributed by atoms with Crippen molar-refractivity contribution in [3.05, 3.63) is 70.3 Å². The Labute approximate surface area is 221 Å². The number of alkyl carbamates (subject to hydrolysis) is 1. The average Bonchev–Trinajstić information content (AvgIpc) is 2.93. The van der Waals surface area contributed by atoms with Crippen LogP contribution in [0.4, 0.5) is 10.5 Å². The van der Waals surface area contributed by atoms with Gasteiger partial charge in [0, 0.05) is 12.1 Å². The van der Waals surface area contributed by atoms with Gasteiger partial charge in [0.2, 0.25) is 11.8 Å². The van der Waals surface area contributed by atoms with Crippen LogP contribution in [0.2, 0.25) is 0 Å². The highest BCUT2D eigenvalue weighted by atomic mass is 16.6. The maximum Gasteiger partial charge on any atom is 0.408 e. The van der Waals surface area contributed by atoms with Crippen LogP contribution >= 0.6 is 0 Å². The van der Waals surface area contributed by atoms with Crippen molar-refractivity contribution >= 4 is 35.5 Å². The fraction of sp³-hybridized carbons (Fsp3) is 0.292. The molecular weight excluding hydrogens is 520 g/mol. The maximum atomic E-state index is 12.7. The van der Waals surface area contributed by atoms with E-state index < -0.39 is 66.4 Å². The molecule has 2 rings (SSSR count). The Hall–Kier alpha value is -5.05. The lowest BCUT2D eigenvalue weighted by molar-refractivity contribution is -0.384. The standard InChI is InChI=1S/C24H26N4O11/c1-37-20(30)11-18(27-24(34)38-14-15-5-3-2-4-6-15)23(33)26-19(13-29)22(32)25-12-21(31)39-17-9-7-16(8-10-17)28(35)36/h2-10,18-19,29H,11-14H2,1H3,(H,25,32)(H,26,33)(H,27,34)/t18-,19-/m1/s1. The van der Waals surface area contributed by atoms with Gasteiger partial charge < -0.3 is 35.3 Å². The van der Waals surface area contributed by atoms with E-state index in [4.69, 9.17) is 9.47 Å². The molecule has 0 radical (unpaired) electrons. The molecule has 2 aromatic carbocycles. The van der Waals surface area contributed by atoms with Crippen LogP contribution in [-0.2, 0) is 35.3 Å². The summed E-state index contributed by atoms with van der Waals surface area (Å²) in [6, 6.07) is 10.2. The topological polar surface area (TPSA) is 212 Å². The number of non-ortho nitro benzene ring substituents is 1. The predicted octanol–water partition coefficient (Wildman–Crippen LogP) is -0.0484. The minimum Gasteiger partial charge on any atom is -0.469 e. The van der Waals surface area contributed by atoms with Crippen LogP contribution in [0, 0.1) is 10.1 Å². The minimum atomic E-state index is -1.56.